The number of thioether (sulfide) groups is 1. The number of benzene rings is 1. The predicted octanol–water partition coefficient (Wildman–Crippen LogP) is 3.08. The first-order valence-corrected chi connectivity index (χ1v) is 9.49. The number of ether oxygens (including phenoxy) is 1. The van der Waals surface area contributed by atoms with Crippen LogP contribution in [0.2, 0.25) is 5.02 Å². The Morgan fingerprint density at radius 1 is 1.42 bits per heavy atom. The van der Waals surface area contributed by atoms with Gasteiger partial charge in [0, 0.05) is 36.1 Å². The van der Waals surface area contributed by atoms with E-state index in [0.29, 0.717) is 23.9 Å². The number of fused-ring (bicyclic) bond motifs is 1. The number of halogens is 1. The maximum atomic E-state index is 12.1. The largest absolute Gasteiger partial charge is 0.381 e. The van der Waals surface area contributed by atoms with Crippen LogP contribution in [-0.2, 0) is 14.3 Å². The molecular weight excluding hydrogens is 348 g/mol. The molecule has 0 saturated heterocycles. The molecule has 1 heterocycles. The second-order valence-electron chi connectivity index (χ2n) is 6.16. The lowest BCUT2D eigenvalue weighted by molar-refractivity contribution is -0.124. The van der Waals surface area contributed by atoms with E-state index in [1.807, 2.05) is 6.07 Å². The smallest absolute Gasteiger partial charge is 0.238 e. The highest BCUT2D eigenvalue weighted by Crippen LogP contribution is 2.38. The summed E-state index contributed by atoms with van der Waals surface area (Å²) in [6.07, 6.45) is 3.53. The number of amides is 2. The van der Waals surface area contributed by atoms with E-state index in [0.717, 1.165) is 23.8 Å². The van der Waals surface area contributed by atoms with E-state index in [4.69, 9.17) is 16.3 Å². The fourth-order valence-corrected chi connectivity index (χ4v) is 3.70. The molecule has 1 aromatic rings. The van der Waals surface area contributed by atoms with E-state index in [1.165, 1.54) is 24.6 Å². The maximum absolute atomic E-state index is 12.1. The second-order valence-corrected chi connectivity index (χ2v) is 7.84. The van der Waals surface area contributed by atoms with Crippen molar-refractivity contribution in [3.05, 3.63) is 23.2 Å². The van der Waals surface area contributed by atoms with Gasteiger partial charge >= 0.3 is 0 Å². The van der Waals surface area contributed by atoms with E-state index >= 15 is 0 Å². The zero-order valence-corrected chi connectivity index (χ0v) is 14.9. The topological polar surface area (TPSA) is 67.4 Å². The minimum Gasteiger partial charge on any atom is -0.381 e. The summed E-state index contributed by atoms with van der Waals surface area (Å²) in [4.78, 5) is 25.1. The number of hydrogen-bond acceptors (Lipinski definition) is 4. The summed E-state index contributed by atoms with van der Waals surface area (Å²) < 4.78 is 5.52. The van der Waals surface area contributed by atoms with Gasteiger partial charge in [-0.05, 0) is 43.4 Å². The Kier molecular flexibility index (Phi) is 6.03. The van der Waals surface area contributed by atoms with Crippen molar-refractivity contribution in [2.75, 3.05) is 25.1 Å². The van der Waals surface area contributed by atoms with Crippen LogP contribution in [0.5, 0.6) is 0 Å². The third-order valence-electron chi connectivity index (χ3n) is 3.97. The van der Waals surface area contributed by atoms with Crippen LogP contribution in [0.1, 0.15) is 25.7 Å². The van der Waals surface area contributed by atoms with Gasteiger partial charge in [-0.3, -0.25) is 9.59 Å². The molecule has 2 amide bonds. The zero-order chi connectivity index (χ0) is 16.9. The number of hydrogen-bond donors (Lipinski definition) is 2. The van der Waals surface area contributed by atoms with Crippen molar-refractivity contribution in [2.24, 2.45) is 5.92 Å². The summed E-state index contributed by atoms with van der Waals surface area (Å²) in [7, 11) is 0. The zero-order valence-electron chi connectivity index (χ0n) is 13.3. The van der Waals surface area contributed by atoms with Gasteiger partial charge in [-0.15, -0.1) is 11.8 Å². The molecule has 0 bridgehead atoms. The van der Waals surface area contributed by atoms with Crippen molar-refractivity contribution in [1.29, 1.82) is 0 Å². The van der Waals surface area contributed by atoms with Crippen molar-refractivity contribution >= 4 is 40.9 Å². The van der Waals surface area contributed by atoms with Gasteiger partial charge in [-0.1, -0.05) is 11.6 Å². The average Bonchev–Trinajstić information content (AvgIpc) is 3.36. The summed E-state index contributed by atoms with van der Waals surface area (Å²) in [6.45, 7) is 2.09. The Labute approximate surface area is 150 Å². The minimum atomic E-state index is -0.412. The number of rotatable bonds is 8. The average molecular weight is 369 g/mol. The number of carbonyl (C=O) groups is 2. The monoisotopic (exact) mass is 368 g/mol. The Hall–Kier alpha value is -1.24. The van der Waals surface area contributed by atoms with E-state index < -0.39 is 5.25 Å². The molecule has 1 aliphatic carbocycles. The van der Waals surface area contributed by atoms with Crippen molar-refractivity contribution in [2.45, 2.75) is 35.8 Å². The van der Waals surface area contributed by atoms with Crippen LogP contribution >= 0.6 is 23.4 Å². The molecule has 0 aromatic heterocycles. The third kappa shape index (κ3) is 5.13. The fraction of sp³-hybridized carbons (Fsp3) is 0.529. The molecule has 7 heteroatoms. The van der Waals surface area contributed by atoms with Crippen LogP contribution in [-0.4, -0.2) is 36.8 Å². The SMILES string of the molecule is O=C(C[C@H]1Sc2ccc(Cl)cc2NC1=O)NCCCOCC1CC1. The highest BCUT2D eigenvalue weighted by molar-refractivity contribution is 8.01. The molecule has 0 unspecified atom stereocenters. The van der Waals surface area contributed by atoms with Gasteiger partial charge in [-0.25, -0.2) is 0 Å². The predicted molar refractivity (Wildman–Crippen MR) is 95.5 cm³/mol. The Bertz CT molecular complexity index is 622. The molecule has 130 valence electrons. The Morgan fingerprint density at radius 3 is 3.04 bits per heavy atom. The summed E-state index contributed by atoms with van der Waals surface area (Å²) in [6, 6.07) is 5.37. The quantitative estimate of drug-likeness (QED) is 0.692. The molecule has 1 atom stereocenters. The molecule has 0 radical (unpaired) electrons. The molecule has 1 fully saturated rings. The second kappa shape index (κ2) is 8.23. The van der Waals surface area contributed by atoms with Crippen molar-refractivity contribution < 1.29 is 14.3 Å². The highest BCUT2D eigenvalue weighted by Gasteiger charge is 2.29. The van der Waals surface area contributed by atoms with Crippen LogP contribution in [0.4, 0.5) is 5.69 Å². The van der Waals surface area contributed by atoms with Crippen molar-refractivity contribution in [1.82, 2.24) is 5.32 Å². The van der Waals surface area contributed by atoms with Crippen molar-refractivity contribution in [3.63, 3.8) is 0 Å². The lowest BCUT2D eigenvalue weighted by Crippen LogP contribution is -2.35. The van der Waals surface area contributed by atoms with E-state index in [9.17, 15) is 9.59 Å². The summed E-state index contributed by atoms with van der Waals surface area (Å²) in [5.41, 5.74) is 0.710. The molecular formula is C17H21ClN2O3S. The van der Waals surface area contributed by atoms with Crippen LogP contribution in [0.25, 0.3) is 0 Å². The third-order valence-corrected chi connectivity index (χ3v) is 5.48. The van der Waals surface area contributed by atoms with Gasteiger partial charge in [0.15, 0.2) is 0 Å². The first-order chi connectivity index (χ1) is 11.6. The van der Waals surface area contributed by atoms with Gasteiger partial charge in [0.1, 0.15) is 0 Å². The summed E-state index contributed by atoms with van der Waals surface area (Å²) in [5.74, 6) is 0.499. The standard InChI is InChI=1S/C17H21ClN2O3S/c18-12-4-5-14-13(8-12)20-17(22)15(24-14)9-16(21)19-6-1-7-23-10-11-2-3-11/h4-5,8,11,15H,1-3,6-7,9-10H2,(H,19,21)(H,20,22)/t15-/m1/s1. The van der Waals surface area contributed by atoms with Crippen LogP contribution in [0.3, 0.4) is 0 Å². The number of carbonyl (C=O) groups excluding carboxylic acids is 2. The van der Waals surface area contributed by atoms with E-state index in [1.54, 1.807) is 12.1 Å². The van der Waals surface area contributed by atoms with Crippen molar-refractivity contribution in [3.8, 4) is 0 Å². The summed E-state index contributed by atoms with van der Waals surface area (Å²) in [5, 5.41) is 5.83. The van der Waals surface area contributed by atoms with Gasteiger partial charge in [0.2, 0.25) is 11.8 Å². The molecule has 1 saturated carbocycles. The molecule has 0 spiro atoms. The first-order valence-electron chi connectivity index (χ1n) is 8.23. The number of anilines is 1. The highest BCUT2D eigenvalue weighted by atomic mass is 35.5. The van der Waals surface area contributed by atoms with E-state index in [2.05, 4.69) is 10.6 Å². The first kappa shape index (κ1) is 17.6. The van der Waals surface area contributed by atoms with E-state index in [-0.39, 0.29) is 18.2 Å². The van der Waals surface area contributed by atoms with Gasteiger partial charge in [0.25, 0.3) is 0 Å². The van der Waals surface area contributed by atoms with Gasteiger partial charge < -0.3 is 15.4 Å². The summed E-state index contributed by atoms with van der Waals surface area (Å²) >= 11 is 7.33. The Balaban J connectivity index is 1.37. The lowest BCUT2D eigenvalue weighted by Gasteiger charge is -2.23. The van der Waals surface area contributed by atoms with Crippen LogP contribution < -0.4 is 10.6 Å². The Morgan fingerprint density at radius 2 is 2.25 bits per heavy atom. The fourth-order valence-electron chi connectivity index (χ4n) is 2.43. The molecule has 1 aromatic carbocycles. The molecule has 5 nitrogen and oxygen atoms in total. The molecule has 2 aliphatic rings. The molecule has 3 rings (SSSR count). The lowest BCUT2D eigenvalue weighted by atomic mass is 10.2. The molecule has 2 N–H and O–H groups in total. The minimum absolute atomic E-state index is 0.109. The molecule has 1 aliphatic heterocycles. The van der Waals surface area contributed by atoms with Crippen LogP contribution in [0, 0.1) is 5.92 Å². The van der Waals surface area contributed by atoms with Crippen LogP contribution in [0.15, 0.2) is 23.1 Å². The number of nitrogens with one attached hydrogen (secondary N) is 2. The van der Waals surface area contributed by atoms with Gasteiger partial charge in [-0.2, -0.15) is 0 Å². The van der Waals surface area contributed by atoms with Gasteiger partial charge in [0.05, 0.1) is 10.9 Å². The normalized spacial score (nSPS) is 19.5. The molecule has 24 heavy (non-hydrogen) atoms. The maximum Gasteiger partial charge on any atom is 0.238 e.